The van der Waals surface area contributed by atoms with Gasteiger partial charge in [0.1, 0.15) is 5.76 Å². The molecule has 0 aliphatic rings. The van der Waals surface area contributed by atoms with Gasteiger partial charge in [0, 0.05) is 12.2 Å². The van der Waals surface area contributed by atoms with Gasteiger partial charge in [-0.15, -0.1) is 0 Å². The van der Waals surface area contributed by atoms with E-state index in [0.717, 1.165) is 0 Å². The number of aliphatic hydroxyl groups is 1. The van der Waals surface area contributed by atoms with E-state index < -0.39 is 5.97 Å². The van der Waals surface area contributed by atoms with E-state index in [1.807, 2.05) is 0 Å². The van der Waals surface area contributed by atoms with Gasteiger partial charge in [-0.2, -0.15) is 0 Å². The lowest BCUT2D eigenvalue weighted by atomic mass is 10.2. The van der Waals surface area contributed by atoms with Gasteiger partial charge in [-0.1, -0.05) is 0 Å². The number of aliphatic hydroxyl groups excluding tert-OH is 1. The third kappa shape index (κ3) is 3.38. The van der Waals surface area contributed by atoms with Gasteiger partial charge in [0.05, 0.1) is 6.54 Å². The summed E-state index contributed by atoms with van der Waals surface area (Å²) in [5.41, 5.74) is 0.626. The van der Waals surface area contributed by atoms with E-state index in [2.05, 4.69) is 5.32 Å². The summed E-state index contributed by atoms with van der Waals surface area (Å²) in [6.45, 7) is 3.00. The van der Waals surface area contributed by atoms with Crippen molar-refractivity contribution in [2.75, 3.05) is 13.2 Å². The fraction of sp³-hybridized carbons (Fsp3) is 0.500. The molecule has 0 atom stereocenters. The van der Waals surface area contributed by atoms with Crippen molar-refractivity contribution in [1.82, 2.24) is 5.32 Å². The summed E-state index contributed by atoms with van der Waals surface area (Å²) in [5, 5.41) is 20.3. The highest BCUT2D eigenvalue weighted by Crippen LogP contribution is 2.14. The first-order valence-electron chi connectivity index (χ1n) is 4.79. The Kier molecular flexibility index (Phi) is 4.33. The van der Waals surface area contributed by atoms with E-state index in [0.29, 0.717) is 30.8 Å². The molecule has 0 bridgehead atoms. The molecule has 0 unspecified atom stereocenters. The van der Waals surface area contributed by atoms with E-state index in [9.17, 15) is 4.79 Å². The number of carbonyl (C=O) groups is 1. The smallest absolute Gasteiger partial charge is 0.372 e. The van der Waals surface area contributed by atoms with Crippen LogP contribution in [0.5, 0.6) is 0 Å². The molecule has 1 rings (SSSR count). The minimum Gasteiger partial charge on any atom is -0.475 e. The second-order valence-corrected chi connectivity index (χ2v) is 3.28. The molecule has 5 heteroatoms. The monoisotopic (exact) mass is 213 g/mol. The molecule has 1 heterocycles. The van der Waals surface area contributed by atoms with Crippen LogP contribution >= 0.6 is 0 Å². The van der Waals surface area contributed by atoms with Crippen LogP contribution in [0.3, 0.4) is 0 Å². The van der Waals surface area contributed by atoms with Crippen molar-refractivity contribution in [2.45, 2.75) is 19.9 Å². The van der Waals surface area contributed by atoms with E-state index in [-0.39, 0.29) is 12.4 Å². The van der Waals surface area contributed by atoms with Crippen molar-refractivity contribution >= 4 is 5.97 Å². The Morgan fingerprint density at radius 2 is 2.33 bits per heavy atom. The van der Waals surface area contributed by atoms with Gasteiger partial charge in [0.15, 0.2) is 0 Å². The minimum atomic E-state index is -1.05. The van der Waals surface area contributed by atoms with E-state index in [1.54, 1.807) is 13.0 Å². The van der Waals surface area contributed by atoms with Crippen molar-refractivity contribution in [3.63, 3.8) is 0 Å². The summed E-state index contributed by atoms with van der Waals surface area (Å²) >= 11 is 0. The molecule has 84 valence electrons. The van der Waals surface area contributed by atoms with E-state index >= 15 is 0 Å². The molecule has 0 aromatic carbocycles. The van der Waals surface area contributed by atoms with Gasteiger partial charge < -0.3 is 19.9 Å². The average molecular weight is 213 g/mol. The third-order valence-corrected chi connectivity index (χ3v) is 1.97. The molecule has 1 aromatic heterocycles. The number of hydrogen-bond donors (Lipinski definition) is 3. The second kappa shape index (κ2) is 5.53. The van der Waals surface area contributed by atoms with Crippen LogP contribution in [0.2, 0.25) is 0 Å². The maximum Gasteiger partial charge on any atom is 0.372 e. The number of carboxylic acids is 1. The highest BCUT2D eigenvalue weighted by molar-refractivity contribution is 5.86. The average Bonchev–Trinajstić information content (AvgIpc) is 2.55. The molecule has 0 amide bonds. The van der Waals surface area contributed by atoms with Gasteiger partial charge in [-0.25, -0.2) is 4.79 Å². The summed E-state index contributed by atoms with van der Waals surface area (Å²) in [4.78, 5) is 10.7. The number of hydrogen-bond acceptors (Lipinski definition) is 4. The van der Waals surface area contributed by atoms with Crippen LogP contribution in [-0.4, -0.2) is 29.3 Å². The number of furan rings is 1. The molecule has 0 radical (unpaired) electrons. The zero-order valence-electron chi connectivity index (χ0n) is 8.62. The molecule has 3 N–H and O–H groups in total. The summed E-state index contributed by atoms with van der Waals surface area (Å²) in [5.74, 6) is -0.453. The predicted molar refractivity (Wildman–Crippen MR) is 53.8 cm³/mol. The number of aromatic carboxylic acids is 1. The number of rotatable bonds is 6. The van der Waals surface area contributed by atoms with E-state index in [1.165, 1.54) is 0 Å². The second-order valence-electron chi connectivity index (χ2n) is 3.28. The molecule has 1 aromatic rings. The maximum atomic E-state index is 10.7. The Hall–Kier alpha value is -1.33. The van der Waals surface area contributed by atoms with Gasteiger partial charge >= 0.3 is 5.97 Å². The van der Waals surface area contributed by atoms with Gasteiger partial charge in [0.2, 0.25) is 5.76 Å². The van der Waals surface area contributed by atoms with Gasteiger partial charge in [-0.3, -0.25) is 0 Å². The fourth-order valence-corrected chi connectivity index (χ4v) is 1.26. The lowest BCUT2D eigenvalue weighted by Gasteiger charge is -1.99. The summed E-state index contributed by atoms with van der Waals surface area (Å²) in [6.07, 6.45) is 0.672. The minimum absolute atomic E-state index is 0.00559. The molecule has 0 fully saturated rings. The Balaban J connectivity index is 2.48. The molecule has 0 spiro atoms. The van der Waals surface area contributed by atoms with E-state index in [4.69, 9.17) is 14.6 Å². The van der Waals surface area contributed by atoms with Crippen molar-refractivity contribution in [2.24, 2.45) is 0 Å². The maximum absolute atomic E-state index is 10.7. The number of carboxylic acid groups (broad SMARTS) is 1. The molecule has 0 saturated carbocycles. The van der Waals surface area contributed by atoms with Crippen molar-refractivity contribution in [1.29, 1.82) is 0 Å². The topological polar surface area (TPSA) is 82.7 Å². The third-order valence-electron chi connectivity index (χ3n) is 1.97. The largest absolute Gasteiger partial charge is 0.475 e. The summed E-state index contributed by atoms with van der Waals surface area (Å²) in [6, 6.07) is 1.70. The summed E-state index contributed by atoms with van der Waals surface area (Å²) in [7, 11) is 0. The quantitative estimate of drug-likeness (QED) is 0.608. The first-order valence-corrected chi connectivity index (χ1v) is 4.79. The molecule has 5 nitrogen and oxygen atoms in total. The van der Waals surface area contributed by atoms with Crippen LogP contribution in [0.25, 0.3) is 0 Å². The molecular weight excluding hydrogens is 198 g/mol. The molecule has 15 heavy (non-hydrogen) atoms. The van der Waals surface area contributed by atoms with Crippen LogP contribution in [0.1, 0.15) is 28.3 Å². The zero-order valence-corrected chi connectivity index (χ0v) is 8.62. The molecule has 0 aliphatic heterocycles. The standard InChI is InChI=1S/C10H15NO4/c1-7-5-8(6-11-3-2-4-12)15-9(7)10(13)14/h5,11-12H,2-4,6H2,1H3,(H,13,14). The Morgan fingerprint density at radius 1 is 1.60 bits per heavy atom. The first-order chi connectivity index (χ1) is 7.15. The molecular formula is C10H15NO4. The van der Waals surface area contributed by atoms with Crippen LogP contribution in [0.4, 0.5) is 0 Å². The van der Waals surface area contributed by atoms with Crippen LogP contribution < -0.4 is 5.32 Å². The Morgan fingerprint density at radius 3 is 2.87 bits per heavy atom. The highest BCUT2D eigenvalue weighted by atomic mass is 16.4. The van der Waals surface area contributed by atoms with Gasteiger partial charge in [-0.05, 0) is 26.0 Å². The molecule has 0 saturated heterocycles. The number of nitrogens with one attached hydrogen (secondary N) is 1. The lowest BCUT2D eigenvalue weighted by molar-refractivity contribution is 0.0659. The Bertz CT molecular complexity index is 332. The van der Waals surface area contributed by atoms with Gasteiger partial charge in [0.25, 0.3) is 0 Å². The summed E-state index contributed by atoms with van der Waals surface area (Å²) < 4.78 is 5.13. The first kappa shape index (κ1) is 11.7. The van der Waals surface area contributed by atoms with Crippen molar-refractivity contribution in [3.05, 3.63) is 23.2 Å². The van der Waals surface area contributed by atoms with Crippen LogP contribution in [-0.2, 0) is 6.54 Å². The normalized spacial score (nSPS) is 10.5. The number of aryl methyl sites for hydroxylation is 1. The van der Waals surface area contributed by atoms with Crippen molar-refractivity contribution < 1.29 is 19.4 Å². The predicted octanol–water partition coefficient (Wildman–Crippen LogP) is 0.758. The lowest BCUT2D eigenvalue weighted by Crippen LogP contribution is -2.15. The zero-order chi connectivity index (χ0) is 11.3. The SMILES string of the molecule is Cc1cc(CNCCCO)oc1C(=O)O. The Labute approximate surface area is 87.7 Å². The van der Waals surface area contributed by atoms with Crippen molar-refractivity contribution in [3.8, 4) is 0 Å². The molecule has 0 aliphatic carbocycles. The highest BCUT2D eigenvalue weighted by Gasteiger charge is 2.13. The van der Waals surface area contributed by atoms with Crippen LogP contribution in [0, 0.1) is 6.92 Å². The fourth-order valence-electron chi connectivity index (χ4n) is 1.26. The van der Waals surface area contributed by atoms with Crippen LogP contribution in [0.15, 0.2) is 10.5 Å².